The van der Waals surface area contributed by atoms with Gasteiger partial charge < -0.3 is 20.4 Å². The predicted molar refractivity (Wildman–Crippen MR) is 111 cm³/mol. The second kappa shape index (κ2) is 7.25. The summed E-state index contributed by atoms with van der Waals surface area (Å²) in [5, 5.41) is 5.56. The number of aromatic nitrogens is 3. The van der Waals surface area contributed by atoms with E-state index < -0.39 is 0 Å². The van der Waals surface area contributed by atoms with Crippen molar-refractivity contribution in [2.24, 2.45) is 0 Å². The van der Waals surface area contributed by atoms with E-state index in [1.54, 1.807) is 13.3 Å². The molecule has 0 spiro atoms. The summed E-state index contributed by atoms with van der Waals surface area (Å²) >= 11 is 0. The largest absolute Gasteiger partial charge is 0.383 e. The number of benzene rings is 2. The number of rotatable bonds is 6. The molecular formula is C21H23N5O. The summed E-state index contributed by atoms with van der Waals surface area (Å²) in [5.41, 5.74) is 10.5. The van der Waals surface area contributed by atoms with E-state index >= 15 is 0 Å². The van der Waals surface area contributed by atoms with Crippen molar-refractivity contribution >= 4 is 33.6 Å². The van der Waals surface area contributed by atoms with Crippen LogP contribution in [0.1, 0.15) is 6.92 Å². The molecule has 6 nitrogen and oxygen atoms in total. The van der Waals surface area contributed by atoms with Gasteiger partial charge in [-0.05, 0) is 30.7 Å². The number of ether oxygens (including phenoxy) is 1. The predicted octanol–water partition coefficient (Wildman–Crippen LogP) is 3.91. The van der Waals surface area contributed by atoms with Crippen LogP contribution in [-0.2, 0) is 11.3 Å². The molecule has 138 valence electrons. The van der Waals surface area contributed by atoms with Crippen LogP contribution in [0.15, 0.2) is 48.7 Å². The van der Waals surface area contributed by atoms with E-state index in [2.05, 4.69) is 69.2 Å². The molecule has 0 saturated heterocycles. The topological polar surface area (TPSA) is 78.0 Å². The van der Waals surface area contributed by atoms with Gasteiger partial charge in [0.15, 0.2) is 0 Å². The summed E-state index contributed by atoms with van der Waals surface area (Å²) in [6.45, 7) is 4.32. The molecule has 0 bridgehead atoms. The van der Waals surface area contributed by atoms with Crippen LogP contribution in [0.4, 0.5) is 11.8 Å². The van der Waals surface area contributed by atoms with Crippen LogP contribution >= 0.6 is 0 Å². The van der Waals surface area contributed by atoms with E-state index in [0.29, 0.717) is 24.9 Å². The summed E-state index contributed by atoms with van der Waals surface area (Å²) in [7, 11) is 1.66. The number of nitrogens with one attached hydrogen (secondary N) is 1. The van der Waals surface area contributed by atoms with Crippen molar-refractivity contribution in [3.05, 3.63) is 48.7 Å². The lowest BCUT2D eigenvalue weighted by Crippen LogP contribution is -2.11. The first-order valence-corrected chi connectivity index (χ1v) is 9.09. The van der Waals surface area contributed by atoms with Gasteiger partial charge in [-0.2, -0.15) is 4.98 Å². The van der Waals surface area contributed by atoms with Gasteiger partial charge in [-0.25, -0.2) is 4.98 Å². The Bertz CT molecular complexity index is 1100. The normalized spacial score (nSPS) is 11.3. The molecule has 0 amide bonds. The van der Waals surface area contributed by atoms with Crippen LogP contribution in [0, 0.1) is 0 Å². The van der Waals surface area contributed by atoms with Crippen molar-refractivity contribution in [2.45, 2.75) is 13.5 Å². The fourth-order valence-corrected chi connectivity index (χ4v) is 3.53. The van der Waals surface area contributed by atoms with E-state index in [4.69, 9.17) is 10.5 Å². The van der Waals surface area contributed by atoms with Crippen LogP contribution in [0.5, 0.6) is 0 Å². The highest BCUT2D eigenvalue weighted by atomic mass is 16.5. The number of fused-ring (bicyclic) bond motifs is 3. The minimum Gasteiger partial charge on any atom is -0.383 e. The lowest BCUT2D eigenvalue weighted by Gasteiger charge is -2.09. The molecule has 0 saturated carbocycles. The average Bonchev–Trinajstić information content (AvgIpc) is 3.01. The molecule has 6 heteroatoms. The maximum Gasteiger partial charge on any atom is 0.224 e. The van der Waals surface area contributed by atoms with Gasteiger partial charge in [0.2, 0.25) is 5.95 Å². The van der Waals surface area contributed by atoms with Gasteiger partial charge in [-0.1, -0.05) is 24.3 Å². The Labute approximate surface area is 158 Å². The lowest BCUT2D eigenvalue weighted by molar-refractivity contribution is 0.210. The minimum atomic E-state index is 0.462. The minimum absolute atomic E-state index is 0.462. The van der Waals surface area contributed by atoms with Crippen LogP contribution in [0.3, 0.4) is 0 Å². The molecule has 4 rings (SSSR count). The Morgan fingerprint density at radius 3 is 2.70 bits per heavy atom. The van der Waals surface area contributed by atoms with Gasteiger partial charge in [0.05, 0.1) is 6.61 Å². The number of nitrogen functional groups attached to an aromatic ring is 1. The number of hydrogen-bond donors (Lipinski definition) is 2. The van der Waals surface area contributed by atoms with Gasteiger partial charge in [-0.3, -0.25) is 0 Å². The Kier molecular flexibility index (Phi) is 4.64. The number of anilines is 2. The number of nitrogens with two attached hydrogens (primary N) is 1. The van der Waals surface area contributed by atoms with Crippen LogP contribution < -0.4 is 11.1 Å². The number of para-hydroxylation sites is 1. The molecule has 0 fully saturated rings. The monoisotopic (exact) mass is 361 g/mol. The molecule has 0 atom stereocenters. The molecule has 2 aromatic carbocycles. The second-order valence-corrected chi connectivity index (χ2v) is 6.41. The summed E-state index contributed by atoms with van der Waals surface area (Å²) < 4.78 is 7.35. The number of aryl methyl sites for hydroxylation is 1. The highest BCUT2D eigenvalue weighted by Gasteiger charge is 2.12. The molecule has 27 heavy (non-hydrogen) atoms. The number of methoxy groups -OCH3 is 1. The Morgan fingerprint density at radius 2 is 1.93 bits per heavy atom. The van der Waals surface area contributed by atoms with Gasteiger partial charge in [0.25, 0.3) is 0 Å². The van der Waals surface area contributed by atoms with Gasteiger partial charge >= 0.3 is 0 Å². The van der Waals surface area contributed by atoms with Gasteiger partial charge in [0.1, 0.15) is 5.82 Å². The summed E-state index contributed by atoms with van der Waals surface area (Å²) in [5.74, 6) is 0.973. The summed E-state index contributed by atoms with van der Waals surface area (Å²) in [6, 6.07) is 14.9. The molecule has 0 radical (unpaired) electrons. The highest BCUT2D eigenvalue weighted by Crippen LogP contribution is 2.33. The zero-order valence-corrected chi connectivity index (χ0v) is 15.6. The first-order valence-electron chi connectivity index (χ1n) is 9.09. The van der Waals surface area contributed by atoms with Crippen molar-refractivity contribution in [3.8, 4) is 11.1 Å². The van der Waals surface area contributed by atoms with Gasteiger partial charge in [0, 0.05) is 53.8 Å². The van der Waals surface area contributed by atoms with Crippen LogP contribution in [-0.4, -0.2) is 34.8 Å². The Morgan fingerprint density at radius 1 is 1.11 bits per heavy atom. The Hall–Kier alpha value is -3.12. The molecule has 0 aliphatic carbocycles. The van der Waals surface area contributed by atoms with E-state index in [1.165, 1.54) is 21.8 Å². The maximum atomic E-state index is 6.22. The number of nitrogens with zero attached hydrogens (tertiary/aromatic N) is 3. The third-order valence-electron chi connectivity index (χ3n) is 4.81. The molecule has 0 aliphatic heterocycles. The Balaban J connectivity index is 1.77. The maximum absolute atomic E-state index is 6.22. The van der Waals surface area contributed by atoms with Crippen molar-refractivity contribution in [1.82, 2.24) is 14.5 Å². The summed E-state index contributed by atoms with van der Waals surface area (Å²) in [4.78, 5) is 8.77. The van der Waals surface area contributed by atoms with Gasteiger partial charge in [-0.15, -0.1) is 0 Å². The molecular weight excluding hydrogens is 338 g/mol. The molecule has 3 N–H and O–H groups in total. The van der Waals surface area contributed by atoms with Crippen molar-refractivity contribution in [1.29, 1.82) is 0 Å². The second-order valence-electron chi connectivity index (χ2n) is 6.41. The third kappa shape index (κ3) is 3.08. The first kappa shape index (κ1) is 17.3. The molecule has 2 heterocycles. The SMILES string of the molecule is CCn1c2ccccc2c2cc(-c3cnc(NCCOC)nc3N)ccc21. The zero-order chi connectivity index (χ0) is 18.8. The van der Waals surface area contributed by atoms with Crippen molar-refractivity contribution < 1.29 is 4.74 Å². The van der Waals surface area contributed by atoms with Crippen LogP contribution in [0.25, 0.3) is 32.9 Å². The van der Waals surface area contributed by atoms with Crippen molar-refractivity contribution in [2.75, 3.05) is 31.3 Å². The first-order chi connectivity index (χ1) is 13.2. The van der Waals surface area contributed by atoms with E-state index in [0.717, 1.165) is 17.7 Å². The molecule has 2 aromatic heterocycles. The average molecular weight is 361 g/mol. The van der Waals surface area contributed by atoms with E-state index in [1.807, 2.05) is 0 Å². The van der Waals surface area contributed by atoms with E-state index in [9.17, 15) is 0 Å². The molecule has 0 unspecified atom stereocenters. The quantitative estimate of drug-likeness (QED) is 0.509. The van der Waals surface area contributed by atoms with Crippen LogP contribution in [0.2, 0.25) is 0 Å². The highest BCUT2D eigenvalue weighted by molar-refractivity contribution is 6.09. The third-order valence-corrected chi connectivity index (χ3v) is 4.81. The molecule has 0 aliphatic rings. The zero-order valence-electron chi connectivity index (χ0n) is 15.6. The van der Waals surface area contributed by atoms with Crippen molar-refractivity contribution in [3.63, 3.8) is 0 Å². The fourth-order valence-electron chi connectivity index (χ4n) is 3.53. The smallest absolute Gasteiger partial charge is 0.224 e. The van der Waals surface area contributed by atoms with E-state index in [-0.39, 0.29) is 0 Å². The molecule has 4 aromatic rings. The summed E-state index contributed by atoms with van der Waals surface area (Å²) in [6.07, 6.45) is 1.78. The lowest BCUT2D eigenvalue weighted by atomic mass is 10.0. The fraction of sp³-hybridized carbons (Fsp3) is 0.238. The number of hydrogen-bond acceptors (Lipinski definition) is 5. The standard InChI is InChI=1S/C21H23N5O/c1-3-26-18-7-5-4-6-15(18)16-12-14(8-9-19(16)26)17-13-24-21(25-20(17)22)23-10-11-27-2/h4-9,12-13H,3,10-11H2,1-2H3,(H3,22,23,24,25).